The van der Waals surface area contributed by atoms with Crippen LogP contribution in [0.25, 0.3) is 0 Å². The summed E-state index contributed by atoms with van der Waals surface area (Å²) in [4.78, 5) is 8.68. The number of nitrogens with zero attached hydrogens (tertiary/aromatic N) is 2. The predicted molar refractivity (Wildman–Crippen MR) is 106 cm³/mol. The smallest absolute Gasteiger partial charge is 0.191 e. The van der Waals surface area contributed by atoms with E-state index in [0.29, 0.717) is 5.92 Å². The SMILES string of the molecule is CCCN1CCC(CN=C(NCC)NCCSc2ccccc2)C1. The van der Waals surface area contributed by atoms with E-state index in [1.807, 2.05) is 11.8 Å². The van der Waals surface area contributed by atoms with E-state index in [0.717, 1.165) is 31.3 Å². The molecule has 0 radical (unpaired) electrons. The first kappa shape index (κ1) is 19.1. The molecule has 2 N–H and O–H groups in total. The molecular weight excluding hydrogens is 316 g/mol. The van der Waals surface area contributed by atoms with Crippen molar-refractivity contribution in [3.63, 3.8) is 0 Å². The van der Waals surface area contributed by atoms with E-state index in [2.05, 4.69) is 59.7 Å². The Labute approximate surface area is 151 Å². The van der Waals surface area contributed by atoms with Gasteiger partial charge in [0.05, 0.1) is 0 Å². The Morgan fingerprint density at radius 3 is 2.83 bits per heavy atom. The van der Waals surface area contributed by atoms with E-state index in [-0.39, 0.29) is 0 Å². The molecule has 1 aromatic carbocycles. The Balaban J connectivity index is 1.68. The number of hydrogen-bond donors (Lipinski definition) is 2. The third-order valence-corrected chi connectivity index (χ3v) is 5.18. The van der Waals surface area contributed by atoms with Gasteiger partial charge in [-0.15, -0.1) is 11.8 Å². The lowest BCUT2D eigenvalue weighted by molar-refractivity contribution is 0.326. The maximum atomic E-state index is 4.79. The second-order valence-electron chi connectivity index (χ2n) is 6.26. The molecule has 0 aromatic heterocycles. The highest BCUT2D eigenvalue weighted by molar-refractivity contribution is 7.99. The van der Waals surface area contributed by atoms with Crippen molar-refractivity contribution < 1.29 is 0 Å². The standard InChI is InChI=1S/C19H32N4S/c1-3-12-23-13-10-17(16-23)15-22-19(20-4-2)21-11-14-24-18-8-6-5-7-9-18/h5-9,17H,3-4,10-16H2,1-2H3,(H2,20,21,22). The molecule has 0 spiro atoms. The second-order valence-corrected chi connectivity index (χ2v) is 7.43. The number of rotatable bonds is 9. The molecule has 4 nitrogen and oxygen atoms in total. The van der Waals surface area contributed by atoms with Crippen LogP contribution < -0.4 is 10.6 Å². The minimum absolute atomic E-state index is 0.714. The lowest BCUT2D eigenvalue weighted by Crippen LogP contribution is -2.38. The Hall–Kier alpha value is -1.20. The summed E-state index contributed by atoms with van der Waals surface area (Å²) >= 11 is 1.88. The molecular formula is C19H32N4S. The van der Waals surface area contributed by atoms with Crippen LogP contribution in [0.2, 0.25) is 0 Å². The van der Waals surface area contributed by atoms with Crippen molar-refractivity contribution in [2.24, 2.45) is 10.9 Å². The van der Waals surface area contributed by atoms with Crippen LogP contribution in [0.5, 0.6) is 0 Å². The molecule has 1 heterocycles. The summed E-state index contributed by atoms with van der Waals surface area (Å²) < 4.78 is 0. The monoisotopic (exact) mass is 348 g/mol. The van der Waals surface area contributed by atoms with E-state index in [9.17, 15) is 0 Å². The van der Waals surface area contributed by atoms with Gasteiger partial charge in [0.15, 0.2) is 5.96 Å². The average molecular weight is 349 g/mol. The number of benzene rings is 1. The molecule has 1 aromatic rings. The molecule has 0 saturated carbocycles. The molecule has 24 heavy (non-hydrogen) atoms. The Morgan fingerprint density at radius 1 is 1.25 bits per heavy atom. The van der Waals surface area contributed by atoms with Gasteiger partial charge in [-0.3, -0.25) is 4.99 Å². The lowest BCUT2D eigenvalue weighted by atomic mass is 10.1. The zero-order valence-corrected chi connectivity index (χ0v) is 15.9. The largest absolute Gasteiger partial charge is 0.357 e. The molecule has 1 unspecified atom stereocenters. The van der Waals surface area contributed by atoms with Crippen molar-refractivity contribution in [3.8, 4) is 0 Å². The summed E-state index contributed by atoms with van der Waals surface area (Å²) in [5.41, 5.74) is 0. The van der Waals surface area contributed by atoms with Crippen molar-refractivity contribution in [1.82, 2.24) is 15.5 Å². The number of likely N-dealkylation sites (tertiary alicyclic amines) is 1. The van der Waals surface area contributed by atoms with Crippen molar-refractivity contribution in [2.75, 3.05) is 45.0 Å². The molecule has 0 bridgehead atoms. The van der Waals surface area contributed by atoms with Crippen LogP contribution in [0.1, 0.15) is 26.7 Å². The number of aliphatic imine (C=N–C) groups is 1. The minimum Gasteiger partial charge on any atom is -0.357 e. The number of hydrogen-bond acceptors (Lipinski definition) is 3. The van der Waals surface area contributed by atoms with Gasteiger partial charge in [0, 0.05) is 36.8 Å². The molecule has 5 heteroatoms. The van der Waals surface area contributed by atoms with Crippen molar-refractivity contribution in [2.45, 2.75) is 31.6 Å². The molecule has 0 aliphatic carbocycles. The summed E-state index contributed by atoms with van der Waals surface area (Å²) in [5, 5.41) is 6.81. The van der Waals surface area contributed by atoms with Crippen LogP contribution in [0, 0.1) is 5.92 Å². The van der Waals surface area contributed by atoms with E-state index in [1.54, 1.807) is 0 Å². The number of guanidine groups is 1. The van der Waals surface area contributed by atoms with Crippen LogP contribution >= 0.6 is 11.8 Å². The van der Waals surface area contributed by atoms with Gasteiger partial charge in [0.2, 0.25) is 0 Å². The van der Waals surface area contributed by atoms with E-state index >= 15 is 0 Å². The van der Waals surface area contributed by atoms with Gasteiger partial charge in [-0.1, -0.05) is 25.1 Å². The van der Waals surface area contributed by atoms with Crippen LogP contribution in [-0.4, -0.2) is 55.9 Å². The topological polar surface area (TPSA) is 39.7 Å². The highest BCUT2D eigenvalue weighted by atomic mass is 32.2. The fourth-order valence-electron chi connectivity index (χ4n) is 3.00. The molecule has 0 amide bonds. The average Bonchev–Trinajstić information content (AvgIpc) is 3.05. The van der Waals surface area contributed by atoms with Gasteiger partial charge in [-0.2, -0.15) is 0 Å². The second kappa shape index (κ2) is 11.4. The first-order valence-corrected chi connectivity index (χ1v) is 10.2. The fourth-order valence-corrected chi connectivity index (χ4v) is 3.79. The maximum absolute atomic E-state index is 4.79. The molecule has 2 rings (SSSR count). The van der Waals surface area contributed by atoms with Gasteiger partial charge in [0.25, 0.3) is 0 Å². The van der Waals surface area contributed by atoms with E-state index in [4.69, 9.17) is 4.99 Å². The zero-order valence-electron chi connectivity index (χ0n) is 15.1. The summed E-state index contributed by atoms with van der Waals surface area (Å²) in [7, 11) is 0. The first-order chi connectivity index (χ1) is 11.8. The van der Waals surface area contributed by atoms with Crippen LogP contribution in [0.3, 0.4) is 0 Å². The van der Waals surface area contributed by atoms with Gasteiger partial charge in [-0.05, 0) is 50.9 Å². The number of thioether (sulfide) groups is 1. The fraction of sp³-hybridized carbons (Fsp3) is 0.632. The summed E-state index contributed by atoms with van der Waals surface area (Å²) in [6.45, 7) is 10.8. The minimum atomic E-state index is 0.714. The van der Waals surface area contributed by atoms with Crippen LogP contribution in [-0.2, 0) is 0 Å². The Bertz CT molecular complexity index is 478. The summed E-state index contributed by atoms with van der Waals surface area (Å²) in [5.74, 6) is 2.72. The van der Waals surface area contributed by atoms with E-state index in [1.165, 1.54) is 37.4 Å². The van der Waals surface area contributed by atoms with E-state index < -0.39 is 0 Å². The molecule has 1 fully saturated rings. The summed E-state index contributed by atoms with van der Waals surface area (Å²) in [6.07, 6.45) is 2.53. The lowest BCUT2D eigenvalue weighted by Gasteiger charge is -2.15. The highest BCUT2D eigenvalue weighted by Gasteiger charge is 2.21. The Morgan fingerprint density at radius 2 is 2.08 bits per heavy atom. The maximum Gasteiger partial charge on any atom is 0.191 e. The molecule has 1 aliphatic rings. The van der Waals surface area contributed by atoms with Crippen LogP contribution in [0.15, 0.2) is 40.2 Å². The van der Waals surface area contributed by atoms with Gasteiger partial charge in [0.1, 0.15) is 0 Å². The molecule has 1 saturated heterocycles. The van der Waals surface area contributed by atoms with Gasteiger partial charge < -0.3 is 15.5 Å². The summed E-state index contributed by atoms with van der Waals surface area (Å²) in [6, 6.07) is 10.6. The normalized spacial score (nSPS) is 18.8. The molecule has 134 valence electrons. The quantitative estimate of drug-likeness (QED) is 0.311. The van der Waals surface area contributed by atoms with Crippen molar-refractivity contribution in [1.29, 1.82) is 0 Å². The third kappa shape index (κ3) is 7.14. The van der Waals surface area contributed by atoms with Crippen molar-refractivity contribution >= 4 is 17.7 Å². The Kier molecular flexibility index (Phi) is 9.06. The zero-order chi connectivity index (χ0) is 17.0. The third-order valence-electron chi connectivity index (χ3n) is 4.17. The molecule has 1 atom stereocenters. The number of nitrogens with one attached hydrogen (secondary N) is 2. The predicted octanol–water partition coefficient (Wildman–Crippen LogP) is 3.07. The van der Waals surface area contributed by atoms with Gasteiger partial charge in [-0.25, -0.2) is 0 Å². The van der Waals surface area contributed by atoms with Gasteiger partial charge >= 0.3 is 0 Å². The molecule has 1 aliphatic heterocycles. The van der Waals surface area contributed by atoms with Crippen molar-refractivity contribution in [3.05, 3.63) is 30.3 Å². The highest BCUT2D eigenvalue weighted by Crippen LogP contribution is 2.17. The van der Waals surface area contributed by atoms with Crippen LogP contribution in [0.4, 0.5) is 0 Å². The first-order valence-electron chi connectivity index (χ1n) is 9.24.